The van der Waals surface area contributed by atoms with E-state index in [1.807, 2.05) is 18.7 Å². The second-order valence-electron chi connectivity index (χ2n) is 3.52. The number of aromatic nitrogens is 1. The third-order valence-electron chi connectivity index (χ3n) is 2.49. The molecule has 0 saturated carbocycles. The van der Waals surface area contributed by atoms with Gasteiger partial charge in [-0.25, -0.2) is 4.98 Å². The van der Waals surface area contributed by atoms with Crippen LogP contribution in [-0.4, -0.2) is 22.3 Å². The van der Waals surface area contributed by atoms with Crippen LogP contribution >= 0.6 is 11.3 Å². The fourth-order valence-electron chi connectivity index (χ4n) is 1.76. The summed E-state index contributed by atoms with van der Waals surface area (Å²) in [6.07, 6.45) is 1.53. The Kier molecular flexibility index (Phi) is 2.54. The van der Waals surface area contributed by atoms with E-state index < -0.39 is 0 Å². The SMILES string of the molecule is CCC(=O)N1CCc2nc(C)sc2C1. The Morgan fingerprint density at radius 2 is 2.43 bits per heavy atom. The Morgan fingerprint density at radius 3 is 3.14 bits per heavy atom. The third kappa shape index (κ3) is 1.66. The molecule has 0 aliphatic carbocycles. The zero-order valence-corrected chi connectivity index (χ0v) is 9.36. The van der Waals surface area contributed by atoms with Gasteiger partial charge in [0.15, 0.2) is 0 Å². The van der Waals surface area contributed by atoms with E-state index in [-0.39, 0.29) is 5.91 Å². The van der Waals surface area contributed by atoms with Crippen LogP contribution in [-0.2, 0) is 17.8 Å². The first kappa shape index (κ1) is 9.65. The van der Waals surface area contributed by atoms with Crippen LogP contribution in [0.25, 0.3) is 0 Å². The molecule has 0 N–H and O–H groups in total. The number of thiazole rings is 1. The van der Waals surface area contributed by atoms with Gasteiger partial charge in [0.05, 0.1) is 17.2 Å². The van der Waals surface area contributed by atoms with Crippen LogP contribution in [0, 0.1) is 6.92 Å². The van der Waals surface area contributed by atoms with Crippen LogP contribution in [0.5, 0.6) is 0 Å². The minimum Gasteiger partial charge on any atom is -0.337 e. The van der Waals surface area contributed by atoms with E-state index in [0.29, 0.717) is 6.42 Å². The van der Waals surface area contributed by atoms with Crippen molar-refractivity contribution >= 4 is 17.2 Å². The van der Waals surface area contributed by atoms with Crippen molar-refractivity contribution in [2.24, 2.45) is 0 Å². The number of rotatable bonds is 1. The zero-order valence-electron chi connectivity index (χ0n) is 8.54. The second kappa shape index (κ2) is 3.69. The molecular formula is C10H14N2OS. The van der Waals surface area contributed by atoms with E-state index in [4.69, 9.17) is 0 Å². The van der Waals surface area contributed by atoms with E-state index >= 15 is 0 Å². The zero-order chi connectivity index (χ0) is 10.1. The highest BCUT2D eigenvalue weighted by Gasteiger charge is 2.21. The molecule has 4 heteroatoms. The second-order valence-corrected chi connectivity index (χ2v) is 4.81. The topological polar surface area (TPSA) is 33.2 Å². The van der Waals surface area contributed by atoms with Crippen molar-refractivity contribution < 1.29 is 4.79 Å². The lowest BCUT2D eigenvalue weighted by Crippen LogP contribution is -2.34. The van der Waals surface area contributed by atoms with Gasteiger partial charge < -0.3 is 4.90 Å². The molecule has 2 heterocycles. The van der Waals surface area contributed by atoms with Gasteiger partial charge >= 0.3 is 0 Å². The van der Waals surface area contributed by atoms with Gasteiger partial charge in [0, 0.05) is 24.3 Å². The Labute approximate surface area is 87.8 Å². The summed E-state index contributed by atoms with van der Waals surface area (Å²) in [6, 6.07) is 0. The van der Waals surface area contributed by atoms with E-state index in [2.05, 4.69) is 4.98 Å². The lowest BCUT2D eigenvalue weighted by atomic mass is 10.1. The Bertz CT molecular complexity index is 359. The summed E-state index contributed by atoms with van der Waals surface area (Å²) in [5, 5.41) is 1.11. The van der Waals surface area contributed by atoms with E-state index in [9.17, 15) is 4.79 Å². The van der Waals surface area contributed by atoms with Crippen molar-refractivity contribution in [1.29, 1.82) is 0 Å². The molecule has 0 unspecified atom stereocenters. The van der Waals surface area contributed by atoms with Gasteiger partial charge in [-0.2, -0.15) is 0 Å². The number of aryl methyl sites for hydroxylation is 1. The summed E-state index contributed by atoms with van der Waals surface area (Å²) < 4.78 is 0. The first-order valence-corrected chi connectivity index (χ1v) is 5.75. The van der Waals surface area contributed by atoms with E-state index in [1.165, 1.54) is 10.6 Å². The third-order valence-corrected chi connectivity index (χ3v) is 3.49. The minimum atomic E-state index is 0.252. The van der Waals surface area contributed by atoms with Gasteiger partial charge in [0.25, 0.3) is 0 Å². The molecule has 14 heavy (non-hydrogen) atoms. The maximum atomic E-state index is 11.5. The summed E-state index contributed by atoms with van der Waals surface area (Å²) in [5.41, 5.74) is 1.20. The van der Waals surface area contributed by atoms with Gasteiger partial charge in [-0.05, 0) is 6.92 Å². The van der Waals surface area contributed by atoms with Crippen molar-refractivity contribution in [2.45, 2.75) is 33.2 Å². The summed E-state index contributed by atoms with van der Waals surface area (Å²) in [4.78, 5) is 19.1. The first-order valence-electron chi connectivity index (χ1n) is 4.93. The number of carbonyl (C=O) groups excluding carboxylic acids is 1. The number of hydrogen-bond acceptors (Lipinski definition) is 3. The summed E-state index contributed by atoms with van der Waals surface area (Å²) in [6.45, 7) is 5.54. The fourth-order valence-corrected chi connectivity index (χ4v) is 2.76. The van der Waals surface area contributed by atoms with Crippen molar-refractivity contribution in [3.8, 4) is 0 Å². The largest absolute Gasteiger partial charge is 0.337 e. The highest BCUT2D eigenvalue weighted by atomic mass is 32.1. The molecule has 1 aromatic rings. The van der Waals surface area contributed by atoms with Crippen LogP contribution in [0.4, 0.5) is 0 Å². The van der Waals surface area contributed by atoms with Crippen molar-refractivity contribution in [3.05, 3.63) is 15.6 Å². The number of fused-ring (bicyclic) bond motifs is 1. The number of amides is 1. The minimum absolute atomic E-state index is 0.252. The maximum Gasteiger partial charge on any atom is 0.222 e. The predicted molar refractivity (Wildman–Crippen MR) is 56.3 cm³/mol. The number of carbonyl (C=O) groups is 1. The molecule has 0 spiro atoms. The number of hydrogen-bond donors (Lipinski definition) is 0. The molecule has 2 rings (SSSR count). The van der Waals surface area contributed by atoms with Crippen LogP contribution < -0.4 is 0 Å². The van der Waals surface area contributed by atoms with Crippen LogP contribution in [0.2, 0.25) is 0 Å². The lowest BCUT2D eigenvalue weighted by molar-refractivity contribution is -0.131. The van der Waals surface area contributed by atoms with Gasteiger partial charge in [-0.3, -0.25) is 4.79 Å². The average Bonchev–Trinajstić information content (AvgIpc) is 2.55. The summed E-state index contributed by atoms with van der Waals surface area (Å²) >= 11 is 1.72. The molecule has 0 aromatic carbocycles. The molecule has 1 aromatic heterocycles. The monoisotopic (exact) mass is 210 g/mol. The molecular weight excluding hydrogens is 196 g/mol. The molecule has 76 valence electrons. The van der Waals surface area contributed by atoms with Crippen molar-refractivity contribution in [1.82, 2.24) is 9.88 Å². The average molecular weight is 210 g/mol. The molecule has 1 amide bonds. The van der Waals surface area contributed by atoms with E-state index in [0.717, 1.165) is 24.5 Å². The maximum absolute atomic E-state index is 11.5. The number of nitrogens with zero attached hydrogens (tertiary/aromatic N) is 2. The fraction of sp³-hybridized carbons (Fsp3) is 0.600. The molecule has 3 nitrogen and oxygen atoms in total. The normalized spacial score (nSPS) is 15.4. The smallest absolute Gasteiger partial charge is 0.222 e. The molecule has 1 aliphatic rings. The van der Waals surface area contributed by atoms with Crippen LogP contribution in [0.3, 0.4) is 0 Å². The highest BCUT2D eigenvalue weighted by Crippen LogP contribution is 2.24. The Balaban J connectivity index is 2.16. The molecule has 0 saturated heterocycles. The summed E-state index contributed by atoms with van der Waals surface area (Å²) in [5.74, 6) is 0.252. The van der Waals surface area contributed by atoms with Gasteiger partial charge in [-0.15, -0.1) is 11.3 Å². The van der Waals surface area contributed by atoms with E-state index in [1.54, 1.807) is 11.3 Å². The molecule has 0 radical (unpaired) electrons. The Morgan fingerprint density at radius 1 is 1.64 bits per heavy atom. The van der Waals surface area contributed by atoms with Gasteiger partial charge in [0.1, 0.15) is 0 Å². The molecule has 0 atom stereocenters. The lowest BCUT2D eigenvalue weighted by Gasteiger charge is -2.25. The van der Waals surface area contributed by atoms with Gasteiger partial charge in [0.2, 0.25) is 5.91 Å². The van der Waals surface area contributed by atoms with Crippen LogP contribution in [0.1, 0.15) is 28.9 Å². The molecule has 0 fully saturated rings. The van der Waals surface area contributed by atoms with Crippen molar-refractivity contribution in [3.63, 3.8) is 0 Å². The summed E-state index contributed by atoms with van der Waals surface area (Å²) in [7, 11) is 0. The predicted octanol–water partition coefficient (Wildman–Crippen LogP) is 1.75. The highest BCUT2D eigenvalue weighted by molar-refractivity contribution is 7.11. The molecule has 0 bridgehead atoms. The first-order chi connectivity index (χ1) is 6.70. The quantitative estimate of drug-likeness (QED) is 0.707. The molecule has 1 aliphatic heterocycles. The van der Waals surface area contributed by atoms with Crippen molar-refractivity contribution in [2.75, 3.05) is 6.54 Å². The van der Waals surface area contributed by atoms with Gasteiger partial charge in [-0.1, -0.05) is 6.92 Å². The van der Waals surface area contributed by atoms with Crippen LogP contribution in [0.15, 0.2) is 0 Å². The Hall–Kier alpha value is -0.900. The standard InChI is InChI=1S/C10H14N2OS/c1-3-10(13)12-5-4-8-9(6-12)14-7(2)11-8/h3-6H2,1-2H3.